The van der Waals surface area contributed by atoms with Crippen LogP contribution in [0.1, 0.15) is 5.69 Å². The lowest BCUT2D eigenvalue weighted by atomic mass is 10.1. The lowest BCUT2D eigenvalue weighted by Crippen LogP contribution is -2.28. The van der Waals surface area contributed by atoms with Gasteiger partial charge in [0.2, 0.25) is 5.91 Å². The Kier molecular flexibility index (Phi) is 5.05. The highest BCUT2D eigenvalue weighted by Gasteiger charge is 2.15. The number of benzene rings is 1. The molecule has 0 spiro atoms. The van der Waals surface area contributed by atoms with Crippen molar-refractivity contribution in [3.05, 3.63) is 30.0 Å². The van der Waals surface area contributed by atoms with Crippen molar-refractivity contribution in [2.75, 3.05) is 26.5 Å². The van der Waals surface area contributed by atoms with Crippen molar-refractivity contribution < 1.29 is 18.8 Å². The summed E-state index contributed by atoms with van der Waals surface area (Å²) < 4.78 is 15.8. The Morgan fingerprint density at radius 3 is 2.83 bits per heavy atom. The quantitative estimate of drug-likeness (QED) is 0.892. The van der Waals surface area contributed by atoms with Gasteiger partial charge in [0.25, 0.3) is 0 Å². The molecule has 0 unspecified atom stereocenters. The number of amidine groups is 1. The molecule has 0 saturated carbocycles. The number of methoxy groups -OCH3 is 2. The van der Waals surface area contributed by atoms with E-state index in [-0.39, 0.29) is 12.3 Å². The van der Waals surface area contributed by atoms with Gasteiger partial charge < -0.3 is 19.3 Å². The number of nitrogens with one attached hydrogen (secondary N) is 1. The molecule has 0 bridgehead atoms. The van der Waals surface area contributed by atoms with Crippen LogP contribution in [0.4, 0.5) is 0 Å². The minimum Gasteiger partial charge on any atom is -0.493 e. The van der Waals surface area contributed by atoms with Gasteiger partial charge in [0.15, 0.2) is 22.4 Å². The van der Waals surface area contributed by atoms with E-state index in [0.717, 1.165) is 17.9 Å². The third-order valence-electron chi connectivity index (χ3n) is 3.40. The topological polar surface area (TPSA) is 86.0 Å². The van der Waals surface area contributed by atoms with Crippen LogP contribution in [-0.2, 0) is 11.2 Å². The van der Waals surface area contributed by atoms with Crippen molar-refractivity contribution in [2.24, 2.45) is 4.99 Å². The Balaban J connectivity index is 1.70. The molecule has 1 aliphatic heterocycles. The van der Waals surface area contributed by atoms with Crippen molar-refractivity contribution in [1.29, 1.82) is 0 Å². The molecule has 1 aliphatic rings. The van der Waals surface area contributed by atoms with Gasteiger partial charge in [-0.25, -0.2) is 0 Å². The third kappa shape index (κ3) is 3.70. The highest BCUT2D eigenvalue weighted by atomic mass is 32.2. The van der Waals surface area contributed by atoms with Gasteiger partial charge in [0.05, 0.1) is 32.9 Å². The smallest absolute Gasteiger partial charge is 0.232 e. The molecule has 1 amide bonds. The highest BCUT2D eigenvalue weighted by Crippen LogP contribution is 2.32. The number of thioether (sulfide) groups is 1. The van der Waals surface area contributed by atoms with Crippen LogP contribution in [0.15, 0.2) is 33.8 Å². The summed E-state index contributed by atoms with van der Waals surface area (Å²) in [4.78, 5) is 16.2. The monoisotopic (exact) mass is 347 g/mol. The zero-order valence-electron chi connectivity index (χ0n) is 13.4. The Bertz CT molecular complexity index is 772. The molecule has 2 aromatic rings. The number of ether oxygens (including phenoxy) is 2. The number of nitrogens with zero attached hydrogens (tertiary/aromatic N) is 2. The molecule has 1 aromatic carbocycles. The van der Waals surface area contributed by atoms with Crippen LogP contribution < -0.4 is 14.8 Å². The average Bonchev–Trinajstić information content (AvgIpc) is 3.26. The molecule has 0 radical (unpaired) electrons. The molecule has 0 aliphatic carbocycles. The van der Waals surface area contributed by atoms with Crippen molar-refractivity contribution in [3.63, 3.8) is 0 Å². The van der Waals surface area contributed by atoms with Crippen LogP contribution in [0.5, 0.6) is 11.5 Å². The number of amides is 1. The molecule has 1 N–H and O–H groups in total. The molecular formula is C16H17N3O4S. The number of hydrogen-bond acceptors (Lipinski definition) is 7. The van der Waals surface area contributed by atoms with E-state index in [0.29, 0.717) is 28.1 Å². The van der Waals surface area contributed by atoms with Crippen molar-refractivity contribution >= 4 is 22.8 Å². The Morgan fingerprint density at radius 2 is 2.12 bits per heavy atom. The zero-order valence-corrected chi connectivity index (χ0v) is 14.2. The van der Waals surface area contributed by atoms with E-state index in [9.17, 15) is 4.79 Å². The lowest BCUT2D eigenvalue weighted by Gasteiger charge is -2.07. The second kappa shape index (κ2) is 7.39. The maximum Gasteiger partial charge on any atom is 0.232 e. The second-order valence-corrected chi connectivity index (χ2v) is 6.10. The van der Waals surface area contributed by atoms with Crippen LogP contribution >= 0.6 is 11.8 Å². The van der Waals surface area contributed by atoms with Crippen molar-refractivity contribution in [3.8, 4) is 22.8 Å². The average molecular weight is 347 g/mol. The molecule has 2 heterocycles. The summed E-state index contributed by atoms with van der Waals surface area (Å²) in [5.41, 5.74) is 1.35. The summed E-state index contributed by atoms with van der Waals surface area (Å²) in [5.74, 6) is 2.54. The van der Waals surface area contributed by atoms with E-state index < -0.39 is 0 Å². The number of carbonyl (C=O) groups excluding carboxylic acids is 1. The first-order valence-electron chi connectivity index (χ1n) is 7.34. The first-order valence-corrected chi connectivity index (χ1v) is 8.33. The molecule has 0 fully saturated rings. The Hall–Kier alpha value is -2.48. The van der Waals surface area contributed by atoms with E-state index in [1.165, 1.54) is 11.8 Å². The van der Waals surface area contributed by atoms with Crippen molar-refractivity contribution in [2.45, 2.75) is 6.42 Å². The second-order valence-electron chi connectivity index (χ2n) is 5.01. The summed E-state index contributed by atoms with van der Waals surface area (Å²) in [6, 6.07) is 7.17. The predicted octanol–water partition coefficient (Wildman–Crippen LogP) is 2.12. The van der Waals surface area contributed by atoms with E-state index in [2.05, 4.69) is 15.5 Å². The number of aromatic nitrogens is 1. The molecule has 24 heavy (non-hydrogen) atoms. The highest BCUT2D eigenvalue weighted by molar-refractivity contribution is 8.14. The Labute approximate surface area is 143 Å². The fraction of sp³-hybridized carbons (Fsp3) is 0.312. The van der Waals surface area contributed by atoms with Gasteiger partial charge in [0.1, 0.15) is 0 Å². The van der Waals surface area contributed by atoms with Gasteiger partial charge in [0, 0.05) is 17.4 Å². The Morgan fingerprint density at radius 1 is 1.29 bits per heavy atom. The minimum atomic E-state index is -0.157. The van der Waals surface area contributed by atoms with Crippen LogP contribution in [0, 0.1) is 0 Å². The van der Waals surface area contributed by atoms with Gasteiger partial charge in [-0.05, 0) is 18.2 Å². The number of aliphatic imine (C=N–C) groups is 1. The lowest BCUT2D eigenvalue weighted by molar-refractivity contribution is -0.119. The SMILES string of the molecule is COc1ccc(-c2cc(CC(=O)NC3=NCCS3)no2)cc1OC. The van der Waals surface area contributed by atoms with E-state index in [4.69, 9.17) is 14.0 Å². The number of hydrogen-bond donors (Lipinski definition) is 1. The molecule has 8 heteroatoms. The first kappa shape index (κ1) is 16.4. The molecule has 0 atom stereocenters. The number of rotatable bonds is 5. The maximum atomic E-state index is 12.0. The van der Waals surface area contributed by atoms with Gasteiger partial charge in [-0.1, -0.05) is 16.9 Å². The zero-order chi connectivity index (χ0) is 16.9. The summed E-state index contributed by atoms with van der Waals surface area (Å²) in [7, 11) is 3.15. The number of carbonyl (C=O) groups is 1. The third-order valence-corrected chi connectivity index (χ3v) is 4.29. The van der Waals surface area contributed by atoms with Crippen molar-refractivity contribution in [1.82, 2.24) is 10.5 Å². The standard InChI is InChI=1S/C16H17N3O4S/c1-21-12-4-3-10(7-14(12)22-2)13-8-11(19-23-13)9-15(20)18-16-17-5-6-24-16/h3-4,7-8H,5-6,9H2,1-2H3,(H,17,18,20). The molecule has 7 nitrogen and oxygen atoms in total. The molecular weight excluding hydrogens is 330 g/mol. The van der Waals surface area contributed by atoms with Crippen LogP contribution in [0.3, 0.4) is 0 Å². The predicted molar refractivity (Wildman–Crippen MR) is 91.6 cm³/mol. The summed E-state index contributed by atoms with van der Waals surface area (Å²) >= 11 is 1.54. The van der Waals surface area contributed by atoms with Crippen LogP contribution in [-0.4, -0.2) is 42.7 Å². The summed E-state index contributed by atoms with van der Waals surface area (Å²) in [5, 5.41) is 7.39. The maximum absolute atomic E-state index is 12.0. The fourth-order valence-electron chi connectivity index (χ4n) is 2.26. The minimum absolute atomic E-state index is 0.135. The van der Waals surface area contributed by atoms with E-state index in [1.807, 2.05) is 6.07 Å². The molecule has 3 rings (SSSR count). The largest absolute Gasteiger partial charge is 0.493 e. The normalized spacial score (nSPS) is 13.5. The fourth-order valence-corrected chi connectivity index (χ4v) is 3.00. The van der Waals surface area contributed by atoms with E-state index >= 15 is 0 Å². The molecule has 0 saturated heterocycles. The van der Waals surface area contributed by atoms with Gasteiger partial charge >= 0.3 is 0 Å². The van der Waals surface area contributed by atoms with E-state index in [1.54, 1.807) is 32.4 Å². The van der Waals surface area contributed by atoms with Gasteiger partial charge in [-0.2, -0.15) is 0 Å². The molecule has 1 aromatic heterocycles. The van der Waals surface area contributed by atoms with Crippen LogP contribution in [0.25, 0.3) is 11.3 Å². The summed E-state index contributed by atoms with van der Waals surface area (Å²) in [6.45, 7) is 0.744. The molecule has 126 valence electrons. The van der Waals surface area contributed by atoms with Gasteiger partial charge in [-0.15, -0.1) is 0 Å². The summed E-state index contributed by atoms with van der Waals surface area (Å²) in [6.07, 6.45) is 0.135. The van der Waals surface area contributed by atoms with Crippen LogP contribution in [0.2, 0.25) is 0 Å². The first-order chi connectivity index (χ1) is 11.7. The van der Waals surface area contributed by atoms with Gasteiger partial charge in [-0.3, -0.25) is 9.79 Å².